The van der Waals surface area contributed by atoms with Crippen LogP contribution in [0.3, 0.4) is 0 Å². The topological polar surface area (TPSA) is 42.4 Å². The molecule has 0 fully saturated rings. The smallest absolute Gasteiger partial charge is 0.232 e. The molecule has 0 spiro atoms. The summed E-state index contributed by atoms with van der Waals surface area (Å²) in [7, 11) is 1.62. The van der Waals surface area contributed by atoms with Gasteiger partial charge in [-0.2, -0.15) is 0 Å². The van der Waals surface area contributed by atoms with Gasteiger partial charge in [0.05, 0.1) is 19.6 Å². The fraction of sp³-hybridized carbons (Fsp3) is 0.400. The van der Waals surface area contributed by atoms with Gasteiger partial charge in [0.15, 0.2) is 0 Å². The fourth-order valence-corrected chi connectivity index (χ4v) is 2.02. The van der Waals surface area contributed by atoms with E-state index in [1.807, 2.05) is 6.07 Å². The highest BCUT2D eigenvalue weighted by molar-refractivity contribution is 9.10. The van der Waals surface area contributed by atoms with Crippen molar-refractivity contribution in [2.24, 2.45) is 0 Å². The minimum Gasteiger partial charge on any atom is -0.383 e. The van der Waals surface area contributed by atoms with Gasteiger partial charge in [0.2, 0.25) is 5.91 Å². The van der Waals surface area contributed by atoms with Gasteiger partial charge >= 0.3 is 0 Å². The van der Waals surface area contributed by atoms with Gasteiger partial charge in [-0.05, 0) is 22.0 Å². The molecule has 2 rings (SSSR count). The van der Waals surface area contributed by atoms with Gasteiger partial charge in [0.1, 0.15) is 5.82 Å². The summed E-state index contributed by atoms with van der Waals surface area (Å²) in [5.41, 5.74) is 0.977. The van der Waals surface area contributed by atoms with E-state index in [1.54, 1.807) is 18.2 Å². The maximum Gasteiger partial charge on any atom is 0.232 e. The molecule has 1 amide bonds. The molecule has 80 valence electrons. The summed E-state index contributed by atoms with van der Waals surface area (Å²) in [5.74, 6) is 0.855. The van der Waals surface area contributed by atoms with E-state index in [2.05, 4.69) is 20.9 Å². The van der Waals surface area contributed by atoms with Crippen LogP contribution in [0.4, 0.5) is 5.82 Å². The molecule has 0 saturated carbocycles. The number of fused-ring (bicyclic) bond motifs is 1. The highest BCUT2D eigenvalue weighted by atomic mass is 79.9. The summed E-state index contributed by atoms with van der Waals surface area (Å²) in [4.78, 5) is 17.6. The number of ether oxygens (including phenoxy) is 1. The number of anilines is 1. The number of carbonyl (C=O) groups excluding carboxylic acids is 1. The largest absolute Gasteiger partial charge is 0.383 e. The molecule has 0 atom stereocenters. The van der Waals surface area contributed by atoms with Crippen molar-refractivity contribution in [3.8, 4) is 0 Å². The Morgan fingerprint density at radius 1 is 1.67 bits per heavy atom. The first-order valence-electron chi connectivity index (χ1n) is 4.66. The summed E-state index contributed by atoms with van der Waals surface area (Å²) in [5, 5.41) is 0. The Morgan fingerprint density at radius 2 is 2.47 bits per heavy atom. The average molecular weight is 271 g/mol. The lowest BCUT2D eigenvalue weighted by Crippen LogP contribution is -2.30. The number of halogens is 1. The van der Waals surface area contributed by atoms with Crippen LogP contribution in [0.2, 0.25) is 0 Å². The van der Waals surface area contributed by atoms with Crippen LogP contribution in [0.5, 0.6) is 0 Å². The number of hydrogen-bond donors (Lipinski definition) is 0. The Labute approximate surface area is 96.4 Å². The number of aromatic nitrogens is 1. The predicted molar refractivity (Wildman–Crippen MR) is 59.9 cm³/mol. The van der Waals surface area contributed by atoms with Crippen molar-refractivity contribution < 1.29 is 9.53 Å². The van der Waals surface area contributed by atoms with E-state index in [9.17, 15) is 4.79 Å². The molecule has 0 aromatic carbocycles. The Balaban J connectivity index is 2.25. The van der Waals surface area contributed by atoms with Gasteiger partial charge in [-0.25, -0.2) is 4.98 Å². The van der Waals surface area contributed by atoms with Gasteiger partial charge in [-0.1, -0.05) is 0 Å². The van der Waals surface area contributed by atoms with E-state index in [0.29, 0.717) is 19.6 Å². The molecule has 0 saturated heterocycles. The molecule has 1 aromatic rings. The molecule has 0 bridgehead atoms. The van der Waals surface area contributed by atoms with E-state index in [0.717, 1.165) is 15.9 Å². The average Bonchev–Trinajstić information content (AvgIpc) is 2.50. The van der Waals surface area contributed by atoms with Crippen molar-refractivity contribution in [3.05, 3.63) is 22.3 Å². The van der Waals surface area contributed by atoms with Crippen molar-refractivity contribution >= 4 is 27.7 Å². The lowest BCUT2D eigenvalue weighted by Gasteiger charge is -2.15. The minimum absolute atomic E-state index is 0.0904. The van der Waals surface area contributed by atoms with Gasteiger partial charge in [-0.3, -0.25) is 9.69 Å². The summed E-state index contributed by atoms with van der Waals surface area (Å²) < 4.78 is 5.87. The van der Waals surface area contributed by atoms with Crippen LogP contribution < -0.4 is 4.90 Å². The Morgan fingerprint density at radius 3 is 3.20 bits per heavy atom. The molecule has 5 heteroatoms. The molecule has 15 heavy (non-hydrogen) atoms. The molecular formula is C10H11BrN2O2. The van der Waals surface area contributed by atoms with Crippen molar-refractivity contribution in [3.63, 3.8) is 0 Å². The standard InChI is InChI=1S/C10H11BrN2O2/c1-15-3-2-13-9(14)5-7-4-8(11)6-12-10(7)13/h4,6H,2-3,5H2,1H3. The normalized spacial score (nSPS) is 14.5. The third kappa shape index (κ3) is 2.03. The third-order valence-corrected chi connectivity index (χ3v) is 2.76. The zero-order valence-electron chi connectivity index (χ0n) is 8.36. The van der Waals surface area contributed by atoms with Crippen molar-refractivity contribution in [1.82, 2.24) is 4.98 Å². The van der Waals surface area contributed by atoms with E-state index in [1.165, 1.54) is 0 Å². The second kappa shape index (κ2) is 4.28. The fourth-order valence-electron chi connectivity index (χ4n) is 1.64. The Kier molecular flexibility index (Phi) is 3.02. The van der Waals surface area contributed by atoms with Gasteiger partial charge in [-0.15, -0.1) is 0 Å². The summed E-state index contributed by atoms with van der Waals surface area (Å²) in [6, 6.07) is 1.94. The first-order chi connectivity index (χ1) is 7.22. The molecule has 0 aliphatic carbocycles. The van der Waals surface area contributed by atoms with Gasteiger partial charge in [0.25, 0.3) is 0 Å². The molecular weight excluding hydrogens is 260 g/mol. The van der Waals surface area contributed by atoms with E-state index in [4.69, 9.17) is 4.74 Å². The molecule has 1 aromatic heterocycles. The number of carbonyl (C=O) groups is 1. The van der Waals surface area contributed by atoms with Crippen LogP contribution in [0.15, 0.2) is 16.7 Å². The monoisotopic (exact) mass is 270 g/mol. The SMILES string of the molecule is COCCN1C(=O)Cc2cc(Br)cnc21. The summed E-state index contributed by atoms with van der Waals surface area (Å²) in [6.45, 7) is 1.10. The predicted octanol–water partition coefficient (Wildman–Crippen LogP) is 1.38. The molecule has 1 aliphatic heterocycles. The van der Waals surface area contributed by atoms with Crippen molar-refractivity contribution in [2.45, 2.75) is 6.42 Å². The van der Waals surface area contributed by atoms with Crippen molar-refractivity contribution in [2.75, 3.05) is 25.2 Å². The number of methoxy groups -OCH3 is 1. The Hall–Kier alpha value is -0.940. The lowest BCUT2D eigenvalue weighted by atomic mass is 10.2. The molecule has 0 N–H and O–H groups in total. The van der Waals surface area contributed by atoms with Gasteiger partial charge < -0.3 is 4.74 Å². The first kappa shape index (κ1) is 10.6. The Bertz CT molecular complexity index is 395. The van der Waals surface area contributed by atoms with Crippen LogP contribution >= 0.6 is 15.9 Å². The van der Waals surface area contributed by atoms with Gasteiger partial charge in [0, 0.05) is 23.3 Å². The number of pyridine rings is 1. The summed E-state index contributed by atoms with van der Waals surface area (Å²) in [6.07, 6.45) is 2.14. The van der Waals surface area contributed by atoms with Crippen molar-refractivity contribution in [1.29, 1.82) is 0 Å². The highest BCUT2D eigenvalue weighted by Crippen LogP contribution is 2.28. The molecule has 1 aliphatic rings. The number of amides is 1. The highest BCUT2D eigenvalue weighted by Gasteiger charge is 2.28. The molecule has 4 nitrogen and oxygen atoms in total. The van der Waals surface area contributed by atoms with Crippen LogP contribution in [0, 0.1) is 0 Å². The zero-order chi connectivity index (χ0) is 10.8. The second-order valence-corrected chi connectivity index (χ2v) is 4.27. The maximum absolute atomic E-state index is 11.7. The molecule has 0 unspecified atom stereocenters. The van der Waals surface area contributed by atoms with E-state index in [-0.39, 0.29) is 5.91 Å². The first-order valence-corrected chi connectivity index (χ1v) is 5.45. The molecule has 2 heterocycles. The second-order valence-electron chi connectivity index (χ2n) is 3.35. The maximum atomic E-state index is 11.7. The van der Waals surface area contributed by atoms with Crippen LogP contribution in [0.25, 0.3) is 0 Å². The van der Waals surface area contributed by atoms with Crippen LogP contribution in [-0.2, 0) is 16.0 Å². The van der Waals surface area contributed by atoms with Crippen LogP contribution in [0.1, 0.15) is 5.56 Å². The van der Waals surface area contributed by atoms with Crippen LogP contribution in [-0.4, -0.2) is 31.2 Å². The lowest BCUT2D eigenvalue weighted by molar-refractivity contribution is -0.117. The number of nitrogens with zero attached hydrogens (tertiary/aromatic N) is 2. The number of rotatable bonds is 3. The number of hydrogen-bond acceptors (Lipinski definition) is 3. The van der Waals surface area contributed by atoms with E-state index < -0.39 is 0 Å². The molecule has 0 radical (unpaired) electrons. The third-order valence-electron chi connectivity index (χ3n) is 2.33. The quantitative estimate of drug-likeness (QED) is 0.834. The van der Waals surface area contributed by atoms with E-state index >= 15 is 0 Å². The minimum atomic E-state index is 0.0904. The zero-order valence-corrected chi connectivity index (χ0v) is 9.95. The summed E-state index contributed by atoms with van der Waals surface area (Å²) >= 11 is 3.34.